The maximum absolute atomic E-state index is 12.2. The van der Waals surface area contributed by atoms with Crippen molar-refractivity contribution >= 4 is 17.9 Å². The average Bonchev–Trinajstić information content (AvgIpc) is 3.08. The number of esters is 1. The molecule has 0 saturated heterocycles. The van der Waals surface area contributed by atoms with Crippen LogP contribution < -0.4 is 14.2 Å². The standard InChI is InChI=1S/C22H21NO5/c1-4-11-27-19-10-9-15(13-20(19)26-5-2)12-18-22(24)28-21(23-18)16-7-6-8-17(14-16)25-3/h4,6-10,12-14H,1,5,11H2,2-3H3. The van der Waals surface area contributed by atoms with E-state index in [1.807, 2.05) is 25.1 Å². The van der Waals surface area contributed by atoms with Gasteiger partial charge in [-0.1, -0.05) is 24.8 Å². The summed E-state index contributed by atoms with van der Waals surface area (Å²) in [5, 5.41) is 0. The van der Waals surface area contributed by atoms with Crippen LogP contribution in [0.15, 0.2) is 65.8 Å². The smallest absolute Gasteiger partial charge is 0.363 e. The van der Waals surface area contributed by atoms with E-state index in [2.05, 4.69) is 11.6 Å². The highest BCUT2D eigenvalue weighted by Gasteiger charge is 2.24. The first-order valence-corrected chi connectivity index (χ1v) is 8.82. The molecule has 0 spiro atoms. The Bertz CT molecular complexity index is 946. The van der Waals surface area contributed by atoms with Crippen molar-refractivity contribution in [2.24, 2.45) is 4.99 Å². The van der Waals surface area contributed by atoms with Gasteiger partial charge in [-0.25, -0.2) is 9.79 Å². The van der Waals surface area contributed by atoms with E-state index < -0.39 is 5.97 Å². The lowest BCUT2D eigenvalue weighted by Gasteiger charge is -2.11. The molecule has 0 amide bonds. The predicted octanol–water partition coefficient (Wildman–Crippen LogP) is 4.00. The number of hydrogen-bond donors (Lipinski definition) is 0. The lowest BCUT2D eigenvalue weighted by molar-refractivity contribution is -0.129. The van der Waals surface area contributed by atoms with Gasteiger partial charge in [0.1, 0.15) is 12.4 Å². The zero-order valence-corrected chi connectivity index (χ0v) is 15.8. The van der Waals surface area contributed by atoms with Gasteiger partial charge in [0.05, 0.1) is 13.7 Å². The van der Waals surface area contributed by atoms with Gasteiger partial charge in [-0.05, 0) is 48.9 Å². The Kier molecular flexibility index (Phi) is 6.11. The number of nitrogens with zero attached hydrogens (tertiary/aromatic N) is 1. The fourth-order valence-corrected chi connectivity index (χ4v) is 2.60. The summed E-state index contributed by atoms with van der Waals surface area (Å²) in [6, 6.07) is 12.6. The summed E-state index contributed by atoms with van der Waals surface area (Å²) >= 11 is 0. The Hall–Kier alpha value is -3.54. The molecule has 3 rings (SSSR count). The molecule has 28 heavy (non-hydrogen) atoms. The van der Waals surface area contributed by atoms with Crippen LogP contribution in [-0.2, 0) is 9.53 Å². The van der Waals surface area contributed by atoms with Crippen molar-refractivity contribution in [1.29, 1.82) is 0 Å². The Labute approximate surface area is 163 Å². The minimum absolute atomic E-state index is 0.208. The third kappa shape index (κ3) is 4.40. The van der Waals surface area contributed by atoms with E-state index in [9.17, 15) is 4.79 Å². The fraction of sp³-hybridized carbons (Fsp3) is 0.182. The van der Waals surface area contributed by atoms with Crippen LogP contribution in [0.4, 0.5) is 0 Å². The van der Waals surface area contributed by atoms with Gasteiger partial charge in [-0.3, -0.25) is 0 Å². The van der Waals surface area contributed by atoms with Crippen LogP contribution in [0.1, 0.15) is 18.1 Å². The summed E-state index contributed by atoms with van der Waals surface area (Å²) in [6.07, 6.45) is 3.31. The minimum Gasteiger partial charge on any atom is -0.497 e. The van der Waals surface area contributed by atoms with E-state index in [1.54, 1.807) is 43.5 Å². The molecule has 0 bridgehead atoms. The second-order valence-corrected chi connectivity index (χ2v) is 5.81. The van der Waals surface area contributed by atoms with E-state index in [0.717, 1.165) is 5.56 Å². The van der Waals surface area contributed by atoms with Crippen LogP contribution in [0.2, 0.25) is 0 Å². The van der Waals surface area contributed by atoms with E-state index in [-0.39, 0.29) is 11.6 Å². The molecule has 0 saturated carbocycles. The van der Waals surface area contributed by atoms with Crippen molar-refractivity contribution < 1.29 is 23.7 Å². The van der Waals surface area contributed by atoms with Gasteiger partial charge in [0, 0.05) is 5.56 Å². The SMILES string of the molecule is C=CCOc1ccc(C=C2N=C(c3cccc(OC)c3)OC2=O)cc1OCC. The number of ether oxygens (including phenoxy) is 4. The monoisotopic (exact) mass is 379 g/mol. The maximum atomic E-state index is 12.2. The number of carbonyl (C=O) groups excluding carboxylic acids is 1. The Morgan fingerprint density at radius 2 is 2.00 bits per heavy atom. The lowest BCUT2D eigenvalue weighted by Crippen LogP contribution is -2.05. The van der Waals surface area contributed by atoms with Crippen LogP contribution in [0, 0.1) is 0 Å². The first-order chi connectivity index (χ1) is 13.6. The number of methoxy groups -OCH3 is 1. The zero-order chi connectivity index (χ0) is 19.9. The Morgan fingerprint density at radius 1 is 1.14 bits per heavy atom. The lowest BCUT2D eigenvalue weighted by atomic mass is 10.1. The van der Waals surface area contributed by atoms with E-state index in [0.29, 0.717) is 36.0 Å². The quantitative estimate of drug-likeness (QED) is 0.394. The molecular weight excluding hydrogens is 358 g/mol. The number of cyclic esters (lactones) is 1. The van der Waals surface area contributed by atoms with Crippen molar-refractivity contribution in [3.05, 3.63) is 71.9 Å². The molecule has 6 heteroatoms. The first-order valence-electron chi connectivity index (χ1n) is 8.82. The summed E-state index contributed by atoms with van der Waals surface area (Å²) in [6.45, 7) is 6.40. The summed E-state index contributed by atoms with van der Waals surface area (Å²) < 4.78 is 21.7. The second-order valence-electron chi connectivity index (χ2n) is 5.81. The van der Waals surface area contributed by atoms with Gasteiger partial charge in [-0.2, -0.15) is 0 Å². The largest absolute Gasteiger partial charge is 0.497 e. The zero-order valence-electron chi connectivity index (χ0n) is 15.8. The third-order valence-electron chi connectivity index (χ3n) is 3.86. The molecule has 0 fully saturated rings. The second kappa shape index (κ2) is 8.90. The van der Waals surface area contributed by atoms with Gasteiger partial charge in [-0.15, -0.1) is 0 Å². The molecule has 0 N–H and O–H groups in total. The topological polar surface area (TPSA) is 66.3 Å². The van der Waals surface area contributed by atoms with Gasteiger partial charge in [0.15, 0.2) is 17.2 Å². The van der Waals surface area contributed by atoms with Gasteiger partial charge in [0.25, 0.3) is 0 Å². The van der Waals surface area contributed by atoms with Crippen LogP contribution in [0.25, 0.3) is 6.08 Å². The highest BCUT2D eigenvalue weighted by molar-refractivity contribution is 6.13. The molecule has 0 aromatic heterocycles. The highest BCUT2D eigenvalue weighted by atomic mass is 16.6. The molecule has 6 nitrogen and oxygen atoms in total. The summed E-state index contributed by atoms with van der Waals surface area (Å²) in [5.74, 6) is 1.58. The normalized spacial score (nSPS) is 14.4. The summed E-state index contributed by atoms with van der Waals surface area (Å²) in [5.41, 5.74) is 1.62. The van der Waals surface area contributed by atoms with Crippen LogP contribution in [0.3, 0.4) is 0 Å². The molecular formula is C22H21NO5. The average molecular weight is 379 g/mol. The minimum atomic E-state index is -0.511. The Morgan fingerprint density at radius 3 is 2.75 bits per heavy atom. The number of aliphatic imine (C=N–C) groups is 1. The van der Waals surface area contributed by atoms with Crippen LogP contribution in [-0.4, -0.2) is 32.2 Å². The third-order valence-corrected chi connectivity index (χ3v) is 3.86. The van der Waals surface area contributed by atoms with E-state index >= 15 is 0 Å². The van der Waals surface area contributed by atoms with Crippen molar-refractivity contribution in [1.82, 2.24) is 0 Å². The molecule has 0 radical (unpaired) electrons. The van der Waals surface area contributed by atoms with Gasteiger partial charge >= 0.3 is 5.97 Å². The van der Waals surface area contributed by atoms with Crippen LogP contribution >= 0.6 is 0 Å². The van der Waals surface area contributed by atoms with Crippen LogP contribution in [0.5, 0.6) is 17.2 Å². The molecule has 144 valence electrons. The fourth-order valence-electron chi connectivity index (χ4n) is 2.60. The molecule has 0 atom stereocenters. The Balaban J connectivity index is 1.89. The molecule has 2 aromatic rings. The predicted molar refractivity (Wildman–Crippen MR) is 107 cm³/mol. The van der Waals surface area contributed by atoms with E-state index in [1.165, 1.54) is 0 Å². The van der Waals surface area contributed by atoms with Crippen molar-refractivity contribution in [2.75, 3.05) is 20.3 Å². The number of hydrogen-bond acceptors (Lipinski definition) is 6. The molecule has 2 aromatic carbocycles. The number of rotatable bonds is 8. The molecule has 1 aliphatic heterocycles. The summed E-state index contributed by atoms with van der Waals surface area (Å²) in [4.78, 5) is 16.6. The molecule has 0 aliphatic carbocycles. The van der Waals surface area contributed by atoms with Crippen molar-refractivity contribution in [3.63, 3.8) is 0 Å². The van der Waals surface area contributed by atoms with E-state index in [4.69, 9.17) is 18.9 Å². The number of benzene rings is 2. The van der Waals surface area contributed by atoms with Gasteiger partial charge in [0.2, 0.25) is 5.90 Å². The first kappa shape index (κ1) is 19.2. The summed E-state index contributed by atoms with van der Waals surface area (Å²) in [7, 11) is 1.57. The molecule has 0 unspecified atom stereocenters. The maximum Gasteiger partial charge on any atom is 0.363 e. The molecule has 1 heterocycles. The van der Waals surface area contributed by atoms with Crippen molar-refractivity contribution in [2.45, 2.75) is 6.92 Å². The van der Waals surface area contributed by atoms with Crippen molar-refractivity contribution in [3.8, 4) is 17.2 Å². The van der Waals surface area contributed by atoms with Gasteiger partial charge < -0.3 is 18.9 Å². The highest BCUT2D eigenvalue weighted by Crippen LogP contribution is 2.30. The number of carbonyl (C=O) groups is 1. The molecule has 1 aliphatic rings.